The Morgan fingerprint density at radius 1 is 1.44 bits per heavy atom. The highest BCUT2D eigenvalue weighted by molar-refractivity contribution is 5.86. The number of rotatable bonds is 3. The number of alkyl carbamates (subject to hydrolysis) is 1. The first-order valence-corrected chi connectivity index (χ1v) is 6.15. The number of amides is 2. The van der Waals surface area contributed by atoms with Crippen molar-refractivity contribution in [3.63, 3.8) is 0 Å². The van der Waals surface area contributed by atoms with E-state index < -0.39 is 18.3 Å². The zero-order valence-corrected chi connectivity index (χ0v) is 11.3. The van der Waals surface area contributed by atoms with Crippen LogP contribution in [-0.4, -0.2) is 48.8 Å². The minimum atomic E-state index is -0.977. The zero-order valence-electron chi connectivity index (χ0n) is 11.3. The molecule has 0 radical (unpaired) electrons. The van der Waals surface area contributed by atoms with Gasteiger partial charge in [-0.15, -0.1) is 0 Å². The van der Waals surface area contributed by atoms with E-state index >= 15 is 0 Å². The molecule has 1 aliphatic rings. The Bertz CT molecular complexity index is 322. The molecule has 1 fully saturated rings. The summed E-state index contributed by atoms with van der Waals surface area (Å²) in [5, 5.41) is 2.50. The number of nitrogens with zero attached hydrogens (tertiary/aromatic N) is 1. The standard InChI is InChI=1S/C12H21FN2O3/c1-7(2)10(14-12(17)18-4)11(16)15-6-9(13)5-8(15)3/h7-10H,5-6H2,1-4H3,(H,14,17). The van der Waals surface area contributed by atoms with Crippen LogP contribution < -0.4 is 5.32 Å². The van der Waals surface area contributed by atoms with Crippen molar-refractivity contribution in [2.24, 2.45) is 5.92 Å². The number of likely N-dealkylation sites (tertiary alicyclic amines) is 1. The minimum absolute atomic E-state index is 0.0811. The van der Waals surface area contributed by atoms with E-state index in [9.17, 15) is 14.0 Å². The Balaban J connectivity index is 2.74. The van der Waals surface area contributed by atoms with Gasteiger partial charge in [0.05, 0.1) is 13.7 Å². The van der Waals surface area contributed by atoms with Crippen LogP contribution in [0.5, 0.6) is 0 Å². The number of alkyl halides is 1. The van der Waals surface area contributed by atoms with Crippen molar-refractivity contribution >= 4 is 12.0 Å². The van der Waals surface area contributed by atoms with Crippen LogP contribution in [0.25, 0.3) is 0 Å². The van der Waals surface area contributed by atoms with Crippen LogP contribution in [0.3, 0.4) is 0 Å². The fourth-order valence-corrected chi connectivity index (χ4v) is 2.15. The van der Waals surface area contributed by atoms with Gasteiger partial charge >= 0.3 is 6.09 Å². The van der Waals surface area contributed by atoms with Crippen LogP contribution in [-0.2, 0) is 9.53 Å². The van der Waals surface area contributed by atoms with Gasteiger partial charge in [-0.1, -0.05) is 13.8 Å². The van der Waals surface area contributed by atoms with Crippen LogP contribution in [0, 0.1) is 5.92 Å². The first-order valence-electron chi connectivity index (χ1n) is 6.15. The molecular formula is C12H21FN2O3. The number of ether oxygens (including phenoxy) is 1. The smallest absolute Gasteiger partial charge is 0.407 e. The molecule has 5 nitrogen and oxygen atoms in total. The normalized spacial score (nSPS) is 25.1. The molecule has 0 spiro atoms. The molecule has 0 aromatic carbocycles. The molecule has 0 bridgehead atoms. The lowest BCUT2D eigenvalue weighted by molar-refractivity contribution is -0.135. The summed E-state index contributed by atoms with van der Waals surface area (Å²) in [5.74, 6) is -0.328. The molecule has 1 aliphatic heterocycles. The van der Waals surface area contributed by atoms with Crippen molar-refractivity contribution in [3.8, 4) is 0 Å². The van der Waals surface area contributed by atoms with Crippen LogP contribution >= 0.6 is 0 Å². The van der Waals surface area contributed by atoms with E-state index in [4.69, 9.17) is 0 Å². The third kappa shape index (κ3) is 3.34. The van der Waals surface area contributed by atoms with Crippen LogP contribution in [0.1, 0.15) is 27.2 Å². The maximum Gasteiger partial charge on any atom is 0.407 e. The first kappa shape index (κ1) is 14.7. The van der Waals surface area contributed by atoms with E-state index in [0.29, 0.717) is 6.42 Å². The van der Waals surface area contributed by atoms with Crippen molar-refractivity contribution in [2.45, 2.75) is 45.4 Å². The van der Waals surface area contributed by atoms with Crippen molar-refractivity contribution in [2.75, 3.05) is 13.7 Å². The third-order valence-corrected chi connectivity index (χ3v) is 3.20. The maximum absolute atomic E-state index is 13.3. The second-order valence-electron chi connectivity index (χ2n) is 5.03. The molecule has 0 aromatic heterocycles. The molecule has 3 unspecified atom stereocenters. The van der Waals surface area contributed by atoms with Gasteiger partial charge < -0.3 is 15.0 Å². The summed E-state index contributed by atoms with van der Waals surface area (Å²) < 4.78 is 17.8. The number of carbonyl (C=O) groups is 2. The summed E-state index contributed by atoms with van der Waals surface area (Å²) in [6.45, 7) is 5.57. The number of nitrogens with one attached hydrogen (secondary N) is 1. The van der Waals surface area contributed by atoms with Crippen LogP contribution in [0.15, 0.2) is 0 Å². The monoisotopic (exact) mass is 260 g/mol. The lowest BCUT2D eigenvalue weighted by Crippen LogP contribution is -2.52. The summed E-state index contributed by atoms with van der Waals surface area (Å²) in [5.41, 5.74) is 0. The molecule has 104 valence electrons. The second-order valence-corrected chi connectivity index (χ2v) is 5.03. The molecule has 0 saturated carbocycles. The van der Waals surface area contributed by atoms with E-state index in [-0.39, 0.29) is 24.4 Å². The Labute approximate surface area is 107 Å². The number of hydrogen-bond acceptors (Lipinski definition) is 3. The molecule has 1 saturated heterocycles. The van der Waals surface area contributed by atoms with E-state index in [1.54, 1.807) is 0 Å². The van der Waals surface area contributed by atoms with Gasteiger partial charge in [0.15, 0.2) is 0 Å². The van der Waals surface area contributed by atoms with E-state index in [0.717, 1.165) is 0 Å². The quantitative estimate of drug-likeness (QED) is 0.832. The van der Waals surface area contributed by atoms with Gasteiger partial charge in [0.1, 0.15) is 12.2 Å². The highest BCUT2D eigenvalue weighted by atomic mass is 19.1. The molecule has 1 rings (SSSR count). The number of methoxy groups -OCH3 is 1. The number of halogens is 1. The molecule has 1 heterocycles. The highest BCUT2D eigenvalue weighted by Gasteiger charge is 2.37. The second kappa shape index (κ2) is 6.02. The Hall–Kier alpha value is -1.33. The molecule has 18 heavy (non-hydrogen) atoms. The fraction of sp³-hybridized carbons (Fsp3) is 0.833. The lowest BCUT2D eigenvalue weighted by atomic mass is 10.0. The van der Waals surface area contributed by atoms with Gasteiger partial charge in [0, 0.05) is 12.5 Å². The van der Waals surface area contributed by atoms with E-state index in [1.807, 2.05) is 20.8 Å². The topological polar surface area (TPSA) is 58.6 Å². The largest absolute Gasteiger partial charge is 0.453 e. The van der Waals surface area contributed by atoms with Gasteiger partial charge in [0.2, 0.25) is 5.91 Å². The average molecular weight is 260 g/mol. The summed E-state index contributed by atoms with van der Waals surface area (Å²) in [6.07, 6.45) is -1.27. The molecule has 2 amide bonds. The fourth-order valence-electron chi connectivity index (χ4n) is 2.15. The van der Waals surface area contributed by atoms with Gasteiger partial charge in [0.25, 0.3) is 0 Å². The lowest BCUT2D eigenvalue weighted by Gasteiger charge is -2.28. The number of hydrogen-bond donors (Lipinski definition) is 1. The van der Waals surface area contributed by atoms with Crippen molar-refractivity contribution in [1.29, 1.82) is 0 Å². The minimum Gasteiger partial charge on any atom is -0.453 e. The van der Waals surface area contributed by atoms with Crippen molar-refractivity contribution < 1.29 is 18.7 Å². The molecule has 0 aromatic rings. The predicted molar refractivity (Wildman–Crippen MR) is 64.9 cm³/mol. The van der Waals surface area contributed by atoms with E-state index in [1.165, 1.54) is 12.0 Å². The first-order chi connectivity index (χ1) is 8.36. The molecule has 0 aliphatic carbocycles. The highest BCUT2D eigenvalue weighted by Crippen LogP contribution is 2.22. The third-order valence-electron chi connectivity index (χ3n) is 3.20. The van der Waals surface area contributed by atoms with Gasteiger partial charge in [-0.05, 0) is 12.8 Å². The summed E-state index contributed by atoms with van der Waals surface area (Å²) >= 11 is 0. The summed E-state index contributed by atoms with van der Waals surface area (Å²) in [6, 6.07) is -0.807. The van der Waals surface area contributed by atoms with Gasteiger partial charge in [-0.2, -0.15) is 0 Å². The maximum atomic E-state index is 13.3. The summed E-state index contributed by atoms with van der Waals surface area (Å²) in [4.78, 5) is 25.0. The Kier molecular flexibility index (Phi) is 4.93. The van der Waals surface area contributed by atoms with Crippen molar-refractivity contribution in [3.05, 3.63) is 0 Å². The molecule has 1 N–H and O–H groups in total. The van der Waals surface area contributed by atoms with Crippen LogP contribution in [0.2, 0.25) is 0 Å². The summed E-state index contributed by atoms with van der Waals surface area (Å²) in [7, 11) is 1.24. The SMILES string of the molecule is COC(=O)NC(C(=O)N1CC(F)CC1C)C(C)C. The van der Waals surface area contributed by atoms with E-state index in [2.05, 4.69) is 10.1 Å². The average Bonchev–Trinajstić information content (AvgIpc) is 2.63. The Morgan fingerprint density at radius 3 is 2.44 bits per heavy atom. The zero-order chi connectivity index (χ0) is 13.9. The molecule has 6 heteroatoms. The Morgan fingerprint density at radius 2 is 2.06 bits per heavy atom. The predicted octanol–water partition coefficient (Wildman–Crippen LogP) is 1.33. The van der Waals surface area contributed by atoms with Crippen LogP contribution in [0.4, 0.5) is 9.18 Å². The number of carbonyl (C=O) groups excluding carboxylic acids is 2. The molecular weight excluding hydrogens is 239 g/mol. The van der Waals surface area contributed by atoms with Gasteiger partial charge in [-0.25, -0.2) is 9.18 Å². The molecule has 3 atom stereocenters. The van der Waals surface area contributed by atoms with Crippen molar-refractivity contribution in [1.82, 2.24) is 10.2 Å². The van der Waals surface area contributed by atoms with Gasteiger partial charge in [-0.3, -0.25) is 4.79 Å².